The SMILES string of the molecule is CCOC(=O)C1=C(CN2CCN(C(=O)OC(C)(C)C)CC2)NC(=O)N[C@H]1c1ccccc1. The van der Waals surface area contributed by atoms with Crippen LogP contribution in [0.15, 0.2) is 41.6 Å². The molecule has 174 valence electrons. The molecule has 1 aromatic rings. The van der Waals surface area contributed by atoms with Crippen molar-refractivity contribution in [3.05, 3.63) is 47.2 Å². The Hall–Kier alpha value is -3.07. The average Bonchev–Trinajstić information content (AvgIpc) is 2.73. The lowest BCUT2D eigenvalue weighted by Gasteiger charge is -2.37. The number of ether oxygens (including phenoxy) is 2. The number of nitrogens with one attached hydrogen (secondary N) is 2. The minimum absolute atomic E-state index is 0.236. The summed E-state index contributed by atoms with van der Waals surface area (Å²) in [7, 11) is 0. The maximum atomic E-state index is 12.9. The first-order valence-electron chi connectivity index (χ1n) is 10.9. The maximum absolute atomic E-state index is 12.9. The smallest absolute Gasteiger partial charge is 0.410 e. The zero-order valence-electron chi connectivity index (χ0n) is 19.1. The lowest BCUT2D eigenvalue weighted by molar-refractivity contribution is -0.139. The van der Waals surface area contributed by atoms with Gasteiger partial charge in [0, 0.05) is 38.4 Å². The molecular formula is C23H32N4O5. The highest BCUT2D eigenvalue weighted by Crippen LogP contribution is 2.28. The third kappa shape index (κ3) is 6.00. The fourth-order valence-corrected chi connectivity index (χ4v) is 3.73. The van der Waals surface area contributed by atoms with E-state index in [1.807, 2.05) is 51.1 Å². The fourth-order valence-electron chi connectivity index (χ4n) is 3.73. The fraction of sp³-hybridized carbons (Fsp3) is 0.522. The Morgan fingerprint density at radius 1 is 1.09 bits per heavy atom. The van der Waals surface area contributed by atoms with Gasteiger partial charge in [-0.15, -0.1) is 0 Å². The van der Waals surface area contributed by atoms with E-state index >= 15 is 0 Å². The van der Waals surface area contributed by atoms with E-state index in [9.17, 15) is 14.4 Å². The standard InChI is InChI=1S/C23H32N4O5/c1-5-31-20(28)18-17(24-21(29)25-19(18)16-9-7-6-8-10-16)15-26-11-13-27(14-12-26)22(30)32-23(2,3)4/h6-10,19H,5,11-15H2,1-4H3,(H2,24,25,29)/t19-/m0/s1. The highest BCUT2D eigenvalue weighted by Gasteiger charge is 2.35. The molecule has 3 rings (SSSR count). The molecule has 9 nitrogen and oxygen atoms in total. The third-order valence-electron chi connectivity index (χ3n) is 5.19. The Labute approximate surface area is 188 Å². The Bertz CT molecular complexity index is 870. The Kier molecular flexibility index (Phi) is 7.40. The van der Waals surface area contributed by atoms with Gasteiger partial charge >= 0.3 is 18.1 Å². The normalized spacial score (nSPS) is 19.8. The molecule has 3 amide bonds. The molecule has 9 heteroatoms. The van der Waals surface area contributed by atoms with Crippen molar-refractivity contribution < 1.29 is 23.9 Å². The quantitative estimate of drug-likeness (QED) is 0.677. The molecule has 0 saturated carbocycles. The number of carbonyl (C=O) groups excluding carboxylic acids is 3. The predicted molar refractivity (Wildman–Crippen MR) is 119 cm³/mol. The molecule has 1 aromatic carbocycles. The number of rotatable bonds is 5. The summed E-state index contributed by atoms with van der Waals surface area (Å²) in [4.78, 5) is 41.4. The van der Waals surface area contributed by atoms with E-state index in [4.69, 9.17) is 9.47 Å². The Morgan fingerprint density at radius 2 is 1.75 bits per heavy atom. The lowest BCUT2D eigenvalue weighted by Crippen LogP contribution is -2.53. The van der Waals surface area contributed by atoms with E-state index in [0.717, 1.165) is 5.56 Å². The van der Waals surface area contributed by atoms with E-state index in [-0.39, 0.29) is 18.7 Å². The van der Waals surface area contributed by atoms with Gasteiger partial charge in [-0.25, -0.2) is 14.4 Å². The van der Waals surface area contributed by atoms with Gasteiger partial charge in [0.2, 0.25) is 0 Å². The largest absolute Gasteiger partial charge is 0.463 e. The molecule has 1 saturated heterocycles. The molecule has 0 bridgehead atoms. The topological polar surface area (TPSA) is 100 Å². The second-order valence-electron chi connectivity index (χ2n) is 8.80. The van der Waals surface area contributed by atoms with Crippen LogP contribution in [-0.4, -0.2) is 72.8 Å². The van der Waals surface area contributed by atoms with Crippen LogP contribution < -0.4 is 10.6 Å². The maximum Gasteiger partial charge on any atom is 0.410 e. The van der Waals surface area contributed by atoms with Gasteiger partial charge in [0.05, 0.1) is 18.2 Å². The molecule has 0 aromatic heterocycles. The van der Waals surface area contributed by atoms with E-state index in [1.165, 1.54) is 0 Å². The summed E-state index contributed by atoms with van der Waals surface area (Å²) < 4.78 is 10.8. The third-order valence-corrected chi connectivity index (χ3v) is 5.19. The van der Waals surface area contributed by atoms with Crippen LogP contribution in [0.3, 0.4) is 0 Å². The van der Waals surface area contributed by atoms with Crippen LogP contribution in [0.25, 0.3) is 0 Å². The van der Waals surface area contributed by atoms with Gasteiger partial charge in [-0.2, -0.15) is 0 Å². The molecule has 1 fully saturated rings. The highest BCUT2D eigenvalue weighted by atomic mass is 16.6. The number of hydrogen-bond donors (Lipinski definition) is 2. The van der Waals surface area contributed by atoms with Crippen molar-refractivity contribution in [2.45, 2.75) is 39.3 Å². The first kappa shape index (κ1) is 23.6. The van der Waals surface area contributed by atoms with Crippen molar-refractivity contribution in [1.29, 1.82) is 0 Å². The van der Waals surface area contributed by atoms with Crippen LogP contribution >= 0.6 is 0 Å². The van der Waals surface area contributed by atoms with Gasteiger partial charge in [-0.05, 0) is 33.3 Å². The van der Waals surface area contributed by atoms with Gasteiger partial charge in [-0.3, -0.25) is 4.90 Å². The summed E-state index contributed by atoms with van der Waals surface area (Å²) in [6.07, 6.45) is -0.331. The van der Waals surface area contributed by atoms with Crippen molar-refractivity contribution >= 4 is 18.1 Å². The van der Waals surface area contributed by atoms with E-state index in [1.54, 1.807) is 11.8 Å². The van der Waals surface area contributed by atoms with Crippen LogP contribution in [-0.2, 0) is 14.3 Å². The molecule has 2 heterocycles. The Balaban J connectivity index is 1.77. The molecule has 2 aliphatic heterocycles. The van der Waals surface area contributed by atoms with Crippen molar-refractivity contribution in [2.24, 2.45) is 0 Å². The number of esters is 1. The molecule has 0 radical (unpaired) electrons. The van der Waals surface area contributed by atoms with Gasteiger partial charge in [0.25, 0.3) is 0 Å². The van der Waals surface area contributed by atoms with Crippen molar-refractivity contribution in [3.8, 4) is 0 Å². The second-order valence-corrected chi connectivity index (χ2v) is 8.80. The van der Waals surface area contributed by atoms with Crippen LogP contribution in [0.1, 0.15) is 39.3 Å². The van der Waals surface area contributed by atoms with Crippen molar-refractivity contribution in [1.82, 2.24) is 20.4 Å². The van der Waals surface area contributed by atoms with E-state index < -0.39 is 17.6 Å². The first-order valence-corrected chi connectivity index (χ1v) is 10.9. The zero-order chi connectivity index (χ0) is 23.3. The Morgan fingerprint density at radius 3 is 2.34 bits per heavy atom. The van der Waals surface area contributed by atoms with Crippen molar-refractivity contribution in [3.63, 3.8) is 0 Å². The minimum Gasteiger partial charge on any atom is -0.463 e. The molecule has 32 heavy (non-hydrogen) atoms. The number of carbonyl (C=O) groups is 3. The van der Waals surface area contributed by atoms with E-state index in [2.05, 4.69) is 15.5 Å². The number of nitrogens with zero attached hydrogens (tertiary/aromatic N) is 2. The first-order chi connectivity index (χ1) is 15.2. The van der Waals surface area contributed by atoms with Gasteiger partial charge in [0.15, 0.2) is 0 Å². The minimum atomic E-state index is -0.595. The van der Waals surface area contributed by atoms with E-state index in [0.29, 0.717) is 44.0 Å². The predicted octanol–water partition coefficient (Wildman–Crippen LogP) is 2.41. The van der Waals surface area contributed by atoms with Crippen LogP contribution in [0, 0.1) is 0 Å². The zero-order valence-corrected chi connectivity index (χ0v) is 19.1. The summed E-state index contributed by atoms with van der Waals surface area (Å²) in [6.45, 7) is 10.1. The molecule has 0 aliphatic carbocycles. The highest BCUT2D eigenvalue weighted by molar-refractivity contribution is 5.95. The van der Waals surface area contributed by atoms with Crippen molar-refractivity contribution in [2.75, 3.05) is 39.3 Å². The summed E-state index contributed by atoms with van der Waals surface area (Å²) in [5, 5.41) is 5.64. The number of hydrogen-bond acceptors (Lipinski definition) is 6. The molecular weight excluding hydrogens is 412 g/mol. The lowest BCUT2D eigenvalue weighted by atomic mass is 9.95. The summed E-state index contributed by atoms with van der Waals surface area (Å²) in [5.74, 6) is -0.462. The van der Waals surface area contributed by atoms with Gasteiger partial charge in [0.1, 0.15) is 5.60 Å². The summed E-state index contributed by atoms with van der Waals surface area (Å²) in [6, 6.07) is 8.38. The average molecular weight is 445 g/mol. The van der Waals surface area contributed by atoms with Crippen LogP contribution in [0.5, 0.6) is 0 Å². The number of piperazine rings is 1. The number of benzene rings is 1. The molecule has 2 aliphatic rings. The van der Waals surface area contributed by atoms with Crippen LogP contribution in [0.4, 0.5) is 9.59 Å². The molecule has 2 N–H and O–H groups in total. The monoisotopic (exact) mass is 444 g/mol. The van der Waals surface area contributed by atoms with Gasteiger partial charge in [-0.1, -0.05) is 30.3 Å². The summed E-state index contributed by atoms with van der Waals surface area (Å²) in [5.41, 5.74) is 1.18. The second kappa shape index (κ2) is 10.0. The van der Waals surface area contributed by atoms with Crippen LogP contribution in [0.2, 0.25) is 0 Å². The molecule has 0 unspecified atom stereocenters. The molecule has 0 spiro atoms. The number of amides is 3. The molecule has 1 atom stereocenters. The van der Waals surface area contributed by atoms with Gasteiger partial charge < -0.3 is 25.0 Å². The summed E-state index contributed by atoms with van der Waals surface area (Å²) >= 11 is 0. The number of urea groups is 1.